The SMILES string of the molecule is Cc1cc(CNC(C)C)ccc1N1CCOC2CCCC21. The molecule has 2 aliphatic rings. The van der Waals surface area contributed by atoms with Crippen molar-refractivity contribution in [2.45, 2.75) is 64.8 Å². The second-order valence-electron chi connectivity index (χ2n) is 6.76. The summed E-state index contributed by atoms with van der Waals surface area (Å²) in [4.78, 5) is 2.59. The van der Waals surface area contributed by atoms with Crippen molar-refractivity contribution in [1.82, 2.24) is 5.32 Å². The van der Waals surface area contributed by atoms with Crippen LogP contribution < -0.4 is 10.2 Å². The number of nitrogens with zero attached hydrogens (tertiary/aromatic N) is 1. The molecule has 0 aromatic heterocycles. The van der Waals surface area contributed by atoms with E-state index in [0.29, 0.717) is 18.2 Å². The van der Waals surface area contributed by atoms with Crippen molar-refractivity contribution in [2.75, 3.05) is 18.1 Å². The van der Waals surface area contributed by atoms with E-state index in [0.717, 1.165) is 19.7 Å². The Morgan fingerprint density at radius 2 is 2.19 bits per heavy atom. The van der Waals surface area contributed by atoms with Gasteiger partial charge >= 0.3 is 0 Å². The second-order valence-corrected chi connectivity index (χ2v) is 6.76. The maximum absolute atomic E-state index is 5.93. The van der Waals surface area contributed by atoms with E-state index in [4.69, 9.17) is 4.74 Å². The molecule has 2 atom stereocenters. The highest BCUT2D eigenvalue weighted by Gasteiger charge is 2.36. The standard InChI is InChI=1S/C18H28N2O/c1-13(2)19-12-15-7-8-16(14(3)11-15)20-9-10-21-18-6-4-5-17(18)20/h7-8,11,13,17-19H,4-6,9-10,12H2,1-3H3. The third-order valence-electron chi connectivity index (χ3n) is 4.77. The third kappa shape index (κ3) is 3.24. The smallest absolute Gasteiger partial charge is 0.0779 e. The molecule has 3 rings (SSSR count). The van der Waals surface area contributed by atoms with Gasteiger partial charge in [0.25, 0.3) is 0 Å². The second kappa shape index (κ2) is 6.37. The molecule has 1 saturated heterocycles. The number of hydrogen-bond donors (Lipinski definition) is 1. The first-order chi connectivity index (χ1) is 10.1. The molecule has 21 heavy (non-hydrogen) atoms. The van der Waals surface area contributed by atoms with E-state index in [1.54, 1.807) is 0 Å². The Morgan fingerprint density at radius 1 is 1.33 bits per heavy atom. The molecule has 1 aromatic rings. The minimum Gasteiger partial charge on any atom is -0.374 e. The lowest BCUT2D eigenvalue weighted by Crippen LogP contribution is -2.48. The molecule has 1 heterocycles. The average molecular weight is 288 g/mol. The third-order valence-corrected chi connectivity index (χ3v) is 4.77. The summed E-state index contributed by atoms with van der Waals surface area (Å²) in [5.41, 5.74) is 4.18. The van der Waals surface area contributed by atoms with Crippen LogP contribution in [0.2, 0.25) is 0 Å². The van der Waals surface area contributed by atoms with E-state index in [1.807, 2.05) is 0 Å². The van der Waals surface area contributed by atoms with Crippen molar-refractivity contribution < 1.29 is 4.74 Å². The largest absolute Gasteiger partial charge is 0.374 e. The Kier molecular flexibility index (Phi) is 4.51. The van der Waals surface area contributed by atoms with Crippen LogP contribution in [0, 0.1) is 6.92 Å². The number of hydrogen-bond acceptors (Lipinski definition) is 3. The van der Waals surface area contributed by atoms with Crippen LogP contribution in [-0.4, -0.2) is 31.3 Å². The van der Waals surface area contributed by atoms with Crippen LogP contribution in [0.3, 0.4) is 0 Å². The van der Waals surface area contributed by atoms with Crippen LogP contribution in [0.5, 0.6) is 0 Å². The first kappa shape index (κ1) is 14.9. The molecule has 3 heteroatoms. The van der Waals surface area contributed by atoms with Gasteiger partial charge in [-0.2, -0.15) is 0 Å². The number of aryl methyl sites for hydroxylation is 1. The summed E-state index contributed by atoms with van der Waals surface area (Å²) in [6.45, 7) is 9.48. The number of nitrogens with one attached hydrogen (secondary N) is 1. The molecule has 2 unspecified atom stereocenters. The molecule has 3 nitrogen and oxygen atoms in total. The summed E-state index contributed by atoms with van der Waals surface area (Å²) >= 11 is 0. The molecule has 1 saturated carbocycles. The predicted molar refractivity (Wildman–Crippen MR) is 87.9 cm³/mol. The average Bonchev–Trinajstić information content (AvgIpc) is 2.94. The van der Waals surface area contributed by atoms with Gasteiger partial charge in [-0.3, -0.25) is 0 Å². The molecule has 1 aromatic carbocycles. The number of benzene rings is 1. The Labute approximate surface area is 128 Å². The Morgan fingerprint density at radius 3 is 2.95 bits per heavy atom. The molecule has 116 valence electrons. The molecule has 2 fully saturated rings. The normalized spacial score (nSPS) is 25.4. The lowest BCUT2D eigenvalue weighted by molar-refractivity contribution is 0.0256. The zero-order valence-corrected chi connectivity index (χ0v) is 13.6. The first-order valence-electron chi connectivity index (χ1n) is 8.36. The molecule has 1 aliphatic heterocycles. The van der Waals surface area contributed by atoms with Crippen LogP contribution in [0.4, 0.5) is 5.69 Å². The highest BCUT2D eigenvalue weighted by molar-refractivity contribution is 5.56. The van der Waals surface area contributed by atoms with Gasteiger partial charge in [-0.1, -0.05) is 26.0 Å². The predicted octanol–water partition coefficient (Wildman–Crippen LogP) is 3.25. The fraction of sp³-hybridized carbons (Fsp3) is 0.667. The lowest BCUT2D eigenvalue weighted by atomic mass is 10.0. The molecule has 0 radical (unpaired) electrons. The van der Waals surface area contributed by atoms with Gasteiger partial charge in [0.1, 0.15) is 0 Å². The minimum absolute atomic E-state index is 0.459. The summed E-state index contributed by atoms with van der Waals surface area (Å²) in [5, 5.41) is 3.49. The molecule has 1 N–H and O–H groups in total. The van der Waals surface area contributed by atoms with Gasteiger partial charge in [-0.05, 0) is 43.4 Å². The summed E-state index contributed by atoms with van der Waals surface area (Å²) in [6, 6.07) is 8.05. The van der Waals surface area contributed by atoms with Crippen molar-refractivity contribution in [2.24, 2.45) is 0 Å². The number of anilines is 1. The molecule has 0 bridgehead atoms. The molecular weight excluding hydrogens is 260 g/mol. The van der Waals surface area contributed by atoms with Crippen molar-refractivity contribution in [3.63, 3.8) is 0 Å². The van der Waals surface area contributed by atoms with E-state index in [1.165, 1.54) is 36.1 Å². The van der Waals surface area contributed by atoms with Gasteiger partial charge in [0.15, 0.2) is 0 Å². The highest BCUT2D eigenvalue weighted by atomic mass is 16.5. The van der Waals surface area contributed by atoms with E-state index in [2.05, 4.69) is 49.2 Å². The van der Waals surface area contributed by atoms with Crippen LogP contribution in [0.15, 0.2) is 18.2 Å². The zero-order valence-electron chi connectivity index (χ0n) is 13.6. The van der Waals surface area contributed by atoms with E-state index in [9.17, 15) is 0 Å². The molecule has 0 spiro atoms. The van der Waals surface area contributed by atoms with Crippen molar-refractivity contribution in [1.29, 1.82) is 0 Å². The fourth-order valence-corrected chi connectivity index (χ4v) is 3.70. The number of fused-ring (bicyclic) bond motifs is 1. The summed E-state index contributed by atoms with van der Waals surface area (Å²) in [7, 11) is 0. The summed E-state index contributed by atoms with van der Waals surface area (Å²) < 4.78 is 5.93. The van der Waals surface area contributed by atoms with Gasteiger partial charge < -0.3 is 15.0 Å². The van der Waals surface area contributed by atoms with Gasteiger partial charge in [0.05, 0.1) is 18.8 Å². The highest BCUT2D eigenvalue weighted by Crippen LogP contribution is 2.34. The Balaban J connectivity index is 1.75. The van der Waals surface area contributed by atoms with E-state index < -0.39 is 0 Å². The monoisotopic (exact) mass is 288 g/mol. The van der Waals surface area contributed by atoms with Crippen LogP contribution in [-0.2, 0) is 11.3 Å². The molecule has 0 amide bonds. The first-order valence-corrected chi connectivity index (χ1v) is 8.36. The van der Waals surface area contributed by atoms with Crippen molar-refractivity contribution >= 4 is 5.69 Å². The van der Waals surface area contributed by atoms with Crippen LogP contribution >= 0.6 is 0 Å². The van der Waals surface area contributed by atoms with E-state index >= 15 is 0 Å². The van der Waals surface area contributed by atoms with Crippen molar-refractivity contribution in [3.8, 4) is 0 Å². The minimum atomic E-state index is 0.459. The maximum atomic E-state index is 5.93. The summed E-state index contributed by atoms with van der Waals surface area (Å²) in [6.07, 6.45) is 4.28. The van der Waals surface area contributed by atoms with Gasteiger partial charge in [0, 0.05) is 24.8 Å². The fourth-order valence-electron chi connectivity index (χ4n) is 3.70. The maximum Gasteiger partial charge on any atom is 0.0779 e. The molecule has 1 aliphatic carbocycles. The van der Waals surface area contributed by atoms with Crippen LogP contribution in [0.25, 0.3) is 0 Å². The summed E-state index contributed by atoms with van der Waals surface area (Å²) in [5.74, 6) is 0. The zero-order chi connectivity index (χ0) is 14.8. The number of ether oxygens (including phenoxy) is 1. The van der Waals surface area contributed by atoms with Crippen LogP contribution in [0.1, 0.15) is 44.2 Å². The van der Waals surface area contributed by atoms with Gasteiger partial charge in [0.2, 0.25) is 0 Å². The Bertz CT molecular complexity index is 486. The quantitative estimate of drug-likeness (QED) is 0.920. The van der Waals surface area contributed by atoms with Gasteiger partial charge in [-0.25, -0.2) is 0 Å². The van der Waals surface area contributed by atoms with E-state index in [-0.39, 0.29) is 0 Å². The topological polar surface area (TPSA) is 24.5 Å². The molecular formula is C18H28N2O. The van der Waals surface area contributed by atoms with Gasteiger partial charge in [-0.15, -0.1) is 0 Å². The Hall–Kier alpha value is -1.06. The van der Waals surface area contributed by atoms with Crippen molar-refractivity contribution in [3.05, 3.63) is 29.3 Å². The number of morpholine rings is 1. The lowest BCUT2D eigenvalue weighted by Gasteiger charge is -2.40. The number of rotatable bonds is 4.